The van der Waals surface area contributed by atoms with Crippen molar-refractivity contribution in [2.75, 3.05) is 19.5 Å². The number of nitrogens with one attached hydrogen (secondary N) is 1. The third kappa shape index (κ3) is 5.30. The maximum atomic E-state index is 12.3. The van der Waals surface area contributed by atoms with Gasteiger partial charge in [0.1, 0.15) is 5.25 Å². The predicted octanol–water partition coefficient (Wildman–Crippen LogP) is -0.140. The Morgan fingerprint density at radius 1 is 1.14 bits per heavy atom. The lowest BCUT2D eigenvalue weighted by molar-refractivity contribution is -0.121. The number of ether oxygens (including phenoxy) is 2. The molecule has 12 heteroatoms. The van der Waals surface area contributed by atoms with Gasteiger partial charge in [-0.1, -0.05) is 11.8 Å². The molecule has 1 aliphatic heterocycles. The number of amidine groups is 1. The number of benzene rings is 1. The maximum absolute atomic E-state index is 12.3. The number of guanidine groups is 1. The minimum Gasteiger partial charge on any atom is -0.465 e. The van der Waals surface area contributed by atoms with Crippen molar-refractivity contribution in [2.45, 2.75) is 11.7 Å². The zero-order chi connectivity index (χ0) is 20.8. The first-order valence-electron chi connectivity index (χ1n) is 7.74. The lowest BCUT2D eigenvalue weighted by Gasteiger charge is -2.11. The molecule has 1 aromatic carbocycles. The zero-order valence-electron chi connectivity index (χ0n) is 14.9. The van der Waals surface area contributed by atoms with Gasteiger partial charge < -0.3 is 26.3 Å². The van der Waals surface area contributed by atoms with Gasteiger partial charge >= 0.3 is 11.9 Å². The van der Waals surface area contributed by atoms with E-state index in [1.54, 1.807) is 0 Å². The number of carbonyl (C=O) groups excluding carboxylic acids is 4. The van der Waals surface area contributed by atoms with Crippen LogP contribution in [0.1, 0.15) is 27.1 Å². The Morgan fingerprint density at radius 2 is 1.71 bits per heavy atom. The van der Waals surface area contributed by atoms with E-state index in [4.69, 9.17) is 11.5 Å². The molecule has 0 fully saturated rings. The zero-order valence-corrected chi connectivity index (χ0v) is 15.7. The molecule has 0 aromatic heterocycles. The molecule has 148 valence electrons. The first-order valence-corrected chi connectivity index (χ1v) is 8.62. The van der Waals surface area contributed by atoms with Crippen molar-refractivity contribution in [3.05, 3.63) is 29.3 Å². The molecule has 2 amide bonds. The number of nitrogens with two attached hydrogens (primary N) is 2. The Morgan fingerprint density at radius 3 is 2.21 bits per heavy atom. The summed E-state index contributed by atoms with van der Waals surface area (Å²) in [5, 5.41) is 1.81. The van der Waals surface area contributed by atoms with E-state index in [1.165, 1.54) is 32.4 Å². The lowest BCUT2D eigenvalue weighted by Crippen LogP contribution is -2.23. The topological polar surface area (TPSA) is 176 Å². The van der Waals surface area contributed by atoms with Crippen LogP contribution in [0.2, 0.25) is 0 Å². The summed E-state index contributed by atoms with van der Waals surface area (Å²) < 4.78 is 9.26. The van der Waals surface area contributed by atoms with Crippen LogP contribution in [0.3, 0.4) is 0 Å². The van der Waals surface area contributed by atoms with Crippen LogP contribution in [0, 0.1) is 0 Å². The minimum atomic E-state index is -0.790. The highest BCUT2D eigenvalue weighted by Gasteiger charge is 2.30. The summed E-state index contributed by atoms with van der Waals surface area (Å²) in [5.74, 6) is -2.72. The Balaban J connectivity index is 2.13. The number of thioether (sulfide) groups is 1. The standard InChI is InChI=1S/C16H17N5O6S/c1-26-13(24)7-3-8(14(25)27-2)5-9(4-7)19-11(22)6-10-12(23)20-16(28-10)21-15(17)18/h3-5,10H,6H2,1-2H3,(H,19,22)(H4,17,18,20,21,23)/t10-/m0/s1. The summed E-state index contributed by atoms with van der Waals surface area (Å²) in [6.45, 7) is 0. The van der Waals surface area contributed by atoms with E-state index in [-0.39, 0.29) is 34.4 Å². The number of nitrogens with zero attached hydrogens (tertiary/aromatic N) is 2. The fraction of sp³-hybridized carbons (Fsp3) is 0.250. The first-order chi connectivity index (χ1) is 13.2. The fourth-order valence-corrected chi connectivity index (χ4v) is 3.16. The van der Waals surface area contributed by atoms with Crippen molar-refractivity contribution < 1.29 is 28.7 Å². The molecule has 1 aliphatic rings. The molecule has 0 unspecified atom stereocenters. The number of anilines is 1. The molecule has 2 rings (SSSR count). The molecule has 1 heterocycles. The van der Waals surface area contributed by atoms with Crippen molar-refractivity contribution in [2.24, 2.45) is 21.5 Å². The van der Waals surface area contributed by atoms with Gasteiger partial charge in [-0.2, -0.15) is 9.98 Å². The van der Waals surface area contributed by atoms with Gasteiger partial charge in [-0.3, -0.25) is 9.59 Å². The van der Waals surface area contributed by atoms with E-state index in [1.807, 2.05) is 0 Å². The molecule has 28 heavy (non-hydrogen) atoms. The second-order valence-corrected chi connectivity index (χ2v) is 6.58. The third-order valence-corrected chi connectivity index (χ3v) is 4.43. The molecule has 0 saturated heterocycles. The van der Waals surface area contributed by atoms with Crippen molar-refractivity contribution in [1.29, 1.82) is 0 Å². The highest BCUT2D eigenvalue weighted by Crippen LogP contribution is 2.26. The average molecular weight is 407 g/mol. The third-order valence-electron chi connectivity index (χ3n) is 3.38. The van der Waals surface area contributed by atoms with Crippen LogP contribution in [0.15, 0.2) is 28.2 Å². The number of hydrogen-bond donors (Lipinski definition) is 3. The number of esters is 2. The van der Waals surface area contributed by atoms with Crippen LogP contribution in [-0.2, 0) is 19.1 Å². The summed E-state index contributed by atoms with van der Waals surface area (Å²) in [6, 6.07) is 3.95. The molecular formula is C16H17N5O6S. The van der Waals surface area contributed by atoms with Gasteiger partial charge in [-0.05, 0) is 18.2 Å². The molecular weight excluding hydrogens is 390 g/mol. The average Bonchev–Trinajstić information content (AvgIpc) is 2.97. The quantitative estimate of drug-likeness (QED) is 0.340. The highest BCUT2D eigenvalue weighted by molar-refractivity contribution is 8.15. The molecule has 0 spiro atoms. The minimum absolute atomic E-state index is 0.0467. The molecule has 1 aromatic rings. The van der Waals surface area contributed by atoms with Crippen LogP contribution < -0.4 is 16.8 Å². The van der Waals surface area contributed by atoms with Crippen LogP contribution in [0.5, 0.6) is 0 Å². The number of carbonyl (C=O) groups is 4. The van der Waals surface area contributed by atoms with E-state index in [0.29, 0.717) is 0 Å². The van der Waals surface area contributed by atoms with Crippen molar-refractivity contribution in [3.8, 4) is 0 Å². The number of rotatable bonds is 5. The smallest absolute Gasteiger partial charge is 0.337 e. The predicted molar refractivity (Wildman–Crippen MR) is 102 cm³/mol. The van der Waals surface area contributed by atoms with Gasteiger partial charge in [-0.15, -0.1) is 0 Å². The van der Waals surface area contributed by atoms with E-state index < -0.39 is 29.0 Å². The highest BCUT2D eigenvalue weighted by atomic mass is 32.2. The van der Waals surface area contributed by atoms with Gasteiger partial charge in [0.25, 0.3) is 5.91 Å². The summed E-state index contributed by atoms with van der Waals surface area (Å²) >= 11 is 0.953. The Kier molecular flexibility index (Phi) is 6.71. The second kappa shape index (κ2) is 8.99. The molecule has 11 nitrogen and oxygen atoms in total. The van der Waals surface area contributed by atoms with Crippen LogP contribution in [0.4, 0.5) is 5.69 Å². The van der Waals surface area contributed by atoms with Gasteiger partial charge in [0, 0.05) is 12.1 Å². The van der Waals surface area contributed by atoms with Crippen molar-refractivity contribution in [1.82, 2.24) is 0 Å². The van der Waals surface area contributed by atoms with Crippen LogP contribution in [-0.4, -0.2) is 54.3 Å². The molecule has 0 bridgehead atoms. The number of amides is 2. The first kappa shape index (κ1) is 20.9. The number of hydrogen-bond acceptors (Lipinski definition) is 8. The van der Waals surface area contributed by atoms with E-state index >= 15 is 0 Å². The Hall–Kier alpha value is -3.41. The molecule has 0 saturated carbocycles. The summed E-state index contributed by atoms with van der Waals surface area (Å²) in [7, 11) is 2.37. The summed E-state index contributed by atoms with van der Waals surface area (Å²) in [6.07, 6.45) is -0.216. The van der Waals surface area contributed by atoms with Gasteiger partial charge in [-0.25, -0.2) is 9.59 Å². The monoisotopic (exact) mass is 407 g/mol. The van der Waals surface area contributed by atoms with Gasteiger partial charge in [0.2, 0.25) is 5.91 Å². The lowest BCUT2D eigenvalue weighted by atomic mass is 10.1. The maximum Gasteiger partial charge on any atom is 0.337 e. The Bertz CT molecular complexity index is 859. The summed E-state index contributed by atoms with van der Waals surface area (Å²) in [5.41, 5.74) is 10.7. The molecule has 5 N–H and O–H groups in total. The van der Waals surface area contributed by atoms with Crippen molar-refractivity contribution in [3.63, 3.8) is 0 Å². The largest absolute Gasteiger partial charge is 0.465 e. The number of methoxy groups -OCH3 is 2. The van der Waals surface area contributed by atoms with E-state index in [0.717, 1.165) is 11.8 Å². The van der Waals surface area contributed by atoms with E-state index in [2.05, 4.69) is 24.8 Å². The van der Waals surface area contributed by atoms with Crippen molar-refractivity contribution >= 4 is 52.3 Å². The van der Waals surface area contributed by atoms with Gasteiger partial charge in [0.15, 0.2) is 11.1 Å². The molecule has 1 atom stereocenters. The normalized spacial score (nSPS) is 15.4. The van der Waals surface area contributed by atoms with Gasteiger partial charge in [0.05, 0.1) is 25.3 Å². The second-order valence-electron chi connectivity index (χ2n) is 5.41. The Labute approximate surface area is 163 Å². The molecule has 0 radical (unpaired) electrons. The number of aliphatic imine (C=N–C) groups is 2. The molecule has 0 aliphatic carbocycles. The van der Waals surface area contributed by atoms with E-state index in [9.17, 15) is 19.2 Å². The fourth-order valence-electron chi connectivity index (χ4n) is 2.21. The SMILES string of the molecule is COC(=O)c1cc(NC(=O)C[C@@H]2SC(N=C(N)N)=NC2=O)cc(C(=O)OC)c1. The summed E-state index contributed by atoms with van der Waals surface area (Å²) in [4.78, 5) is 55.0. The van der Waals surface area contributed by atoms with Crippen LogP contribution in [0.25, 0.3) is 0 Å². The van der Waals surface area contributed by atoms with Crippen LogP contribution >= 0.6 is 11.8 Å².